The van der Waals surface area contributed by atoms with Gasteiger partial charge in [-0.25, -0.2) is 0 Å². The number of hydrogen-bond acceptors (Lipinski definition) is 2. The summed E-state index contributed by atoms with van der Waals surface area (Å²) in [5, 5.41) is 3.21. The Kier molecular flexibility index (Phi) is 3.43. The van der Waals surface area contributed by atoms with Gasteiger partial charge in [0, 0.05) is 25.2 Å². The van der Waals surface area contributed by atoms with Crippen LogP contribution in [0, 0.1) is 5.92 Å². The average molecular weight is 298 g/mol. The highest BCUT2D eigenvalue weighted by atomic mass is 19.4. The third-order valence-electron chi connectivity index (χ3n) is 4.48. The number of rotatable bonds is 1. The van der Waals surface area contributed by atoms with Crippen LogP contribution >= 0.6 is 0 Å². The number of benzene rings is 1. The maximum absolute atomic E-state index is 13.1. The Morgan fingerprint density at radius 2 is 2.00 bits per heavy atom. The lowest BCUT2D eigenvalue weighted by atomic mass is 10.0. The van der Waals surface area contributed by atoms with Gasteiger partial charge in [0.2, 0.25) is 0 Å². The molecule has 2 saturated heterocycles. The lowest BCUT2D eigenvalue weighted by molar-refractivity contribution is -0.138. The lowest BCUT2D eigenvalue weighted by Crippen LogP contribution is -2.43. The molecule has 2 fully saturated rings. The highest BCUT2D eigenvalue weighted by Crippen LogP contribution is 2.36. The van der Waals surface area contributed by atoms with Crippen molar-refractivity contribution in [2.24, 2.45) is 5.92 Å². The van der Waals surface area contributed by atoms with E-state index in [-0.39, 0.29) is 17.6 Å². The number of hydrogen-bond donors (Lipinski definition) is 1. The van der Waals surface area contributed by atoms with Gasteiger partial charge in [0.15, 0.2) is 0 Å². The minimum Gasteiger partial charge on any atom is -0.331 e. The third kappa shape index (κ3) is 2.41. The standard InChI is InChI=1S/C15H17F3N2O/c1-9-6-10-7-19-8-13(10)20(9)14(21)11-4-2-3-5-12(11)15(16,17)18/h2-5,9-10,13,19H,6-8H2,1H3. The summed E-state index contributed by atoms with van der Waals surface area (Å²) >= 11 is 0. The van der Waals surface area contributed by atoms with Gasteiger partial charge in [-0.1, -0.05) is 12.1 Å². The normalized spacial score (nSPS) is 28.8. The largest absolute Gasteiger partial charge is 0.417 e. The average Bonchev–Trinajstić information content (AvgIpc) is 2.97. The molecular formula is C15H17F3N2O. The first-order valence-corrected chi connectivity index (χ1v) is 7.09. The van der Waals surface area contributed by atoms with Crippen molar-refractivity contribution in [1.29, 1.82) is 0 Å². The zero-order chi connectivity index (χ0) is 15.2. The van der Waals surface area contributed by atoms with Crippen LogP contribution in [0.15, 0.2) is 24.3 Å². The van der Waals surface area contributed by atoms with Gasteiger partial charge in [0.1, 0.15) is 0 Å². The van der Waals surface area contributed by atoms with Gasteiger partial charge >= 0.3 is 6.18 Å². The second-order valence-electron chi connectivity index (χ2n) is 5.83. The number of amides is 1. The number of alkyl halides is 3. The second-order valence-corrected chi connectivity index (χ2v) is 5.83. The molecule has 3 unspecified atom stereocenters. The van der Waals surface area contributed by atoms with Crippen molar-refractivity contribution < 1.29 is 18.0 Å². The fraction of sp³-hybridized carbons (Fsp3) is 0.533. The van der Waals surface area contributed by atoms with Crippen LogP contribution in [-0.4, -0.2) is 36.0 Å². The van der Waals surface area contributed by atoms with Crippen LogP contribution in [0.5, 0.6) is 0 Å². The molecule has 0 radical (unpaired) electrons. The van der Waals surface area contributed by atoms with Crippen LogP contribution in [0.2, 0.25) is 0 Å². The predicted molar refractivity (Wildman–Crippen MR) is 71.8 cm³/mol. The van der Waals surface area contributed by atoms with Gasteiger partial charge in [-0.3, -0.25) is 4.79 Å². The molecule has 6 heteroatoms. The van der Waals surface area contributed by atoms with Gasteiger partial charge in [-0.2, -0.15) is 13.2 Å². The van der Waals surface area contributed by atoms with Gasteiger partial charge < -0.3 is 10.2 Å². The first-order chi connectivity index (χ1) is 9.89. The Morgan fingerprint density at radius 3 is 2.71 bits per heavy atom. The summed E-state index contributed by atoms with van der Waals surface area (Å²) in [6.45, 7) is 3.40. The zero-order valence-electron chi connectivity index (χ0n) is 11.7. The Hall–Kier alpha value is -1.56. The van der Waals surface area contributed by atoms with Crippen molar-refractivity contribution in [1.82, 2.24) is 10.2 Å². The molecule has 114 valence electrons. The number of halogens is 3. The smallest absolute Gasteiger partial charge is 0.331 e. The predicted octanol–water partition coefficient (Wildman–Crippen LogP) is 2.53. The summed E-state index contributed by atoms with van der Waals surface area (Å²) in [6.07, 6.45) is -3.67. The molecule has 3 nitrogen and oxygen atoms in total. The number of nitrogens with one attached hydrogen (secondary N) is 1. The van der Waals surface area contributed by atoms with E-state index in [2.05, 4.69) is 5.32 Å². The Balaban J connectivity index is 1.96. The summed E-state index contributed by atoms with van der Waals surface area (Å²) in [7, 11) is 0. The molecule has 0 bridgehead atoms. The number of likely N-dealkylation sites (tertiary alicyclic amines) is 1. The third-order valence-corrected chi connectivity index (χ3v) is 4.48. The van der Waals surface area contributed by atoms with Crippen LogP contribution in [-0.2, 0) is 6.18 Å². The van der Waals surface area contributed by atoms with E-state index in [4.69, 9.17) is 0 Å². The van der Waals surface area contributed by atoms with Crippen LogP contribution < -0.4 is 5.32 Å². The van der Waals surface area contributed by atoms with E-state index in [9.17, 15) is 18.0 Å². The fourth-order valence-electron chi connectivity index (χ4n) is 3.57. The van der Waals surface area contributed by atoms with Crippen LogP contribution in [0.4, 0.5) is 13.2 Å². The molecule has 21 heavy (non-hydrogen) atoms. The molecule has 3 rings (SSSR count). The first-order valence-electron chi connectivity index (χ1n) is 7.09. The van der Waals surface area contributed by atoms with Crippen LogP contribution in [0.1, 0.15) is 29.3 Å². The summed E-state index contributed by atoms with van der Waals surface area (Å²) < 4.78 is 39.2. The maximum Gasteiger partial charge on any atom is 0.417 e. The molecular weight excluding hydrogens is 281 g/mol. The van der Waals surface area contributed by atoms with E-state index >= 15 is 0 Å². The molecule has 2 aliphatic rings. The van der Waals surface area contributed by atoms with Gasteiger partial charge in [-0.05, 0) is 31.4 Å². The number of nitrogens with zero attached hydrogens (tertiary/aromatic N) is 1. The van der Waals surface area contributed by atoms with Gasteiger partial charge in [0.05, 0.1) is 11.1 Å². The maximum atomic E-state index is 13.1. The number of carbonyl (C=O) groups is 1. The van der Waals surface area contributed by atoms with E-state index in [0.717, 1.165) is 19.0 Å². The summed E-state index contributed by atoms with van der Waals surface area (Å²) in [5.74, 6) is -0.159. The molecule has 1 aromatic rings. The molecule has 3 atom stereocenters. The van der Waals surface area contributed by atoms with E-state index in [1.807, 2.05) is 6.92 Å². The zero-order valence-corrected chi connectivity index (χ0v) is 11.7. The summed E-state index contributed by atoms with van der Waals surface area (Å²) in [6, 6.07) is 5.02. The second kappa shape index (κ2) is 5.02. The Bertz CT molecular complexity index is 558. The minimum absolute atomic E-state index is 0.00814. The molecule has 1 aromatic carbocycles. The Labute approximate surface area is 121 Å². The summed E-state index contributed by atoms with van der Waals surface area (Å²) in [4.78, 5) is 14.3. The molecule has 0 aromatic heterocycles. The van der Waals surface area contributed by atoms with Crippen molar-refractivity contribution in [2.45, 2.75) is 31.6 Å². The van der Waals surface area contributed by atoms with E-state index in [0.29, 0.717) is 12.5 Å². The van der Waals surface area contributed by atoms with Crippen molar-refractivity contribution >= 4 is 5.91 Å². The minimum atomic E-state index is -4.51. The highest BCUT2D eigenvalue weighted by Gasteiger charge is 2.46. The summed E-state index contributed by atoms with van der Waals surface area (Å²) in [5.41, 5.74) is -1.10. The van der Waals surface area contributed by atoms with Crippen LogP contribution in [0.3, 0.4) is 0 Å². The monoisotopic (exact) mass is 298 g/mol. The SMILES string of the molecule is CC1CC2CNCC2N1C(=O)c1ccccc1C(F)(F)F. The van der Waals surface area contributed by atoms with Crippen molar-refractivity contribution in [3.63, 3.8) is 0 Å². The van der Waals surface area contributed by atoms with Crippen molar-refractivity contribution in [2.75, 3.05) is 13.1 Å². The Morgan fingerprint density at radius 1 is 1.29 bits per heavy atom. The molecule has 0 spiro atoms. The topological polar surface area (TPSA) is 32.3 Å². The lowest BCUT2D eigenvalue weighted by Gasteiger charge is -2.28. The number of fused-ring (bicyclic) bond motifs is 1. The van der Waals surface area contributed by atoms with Gasteiger partial charge in [0.25, 0.3) is 5.91 Å². The molecule has 0 aliphatic carbocycles. The molecule has 0 saturated carbocycles. The highest BCUT2D eigenvalue weighted by molar-refractivity contribution is 5.96. The quantitative estimate of drug-likeness (QED) is 0.864. The van der Waals surface area contributed by atoms with E-state index in [1.165, 1.54) is 18.2 Å². The van der Waals surface area contributed by atoms with Crippen molar-refractivity contribution in [3.05, 3.63) is 35.4 Å². The molecule has 1 amide bonds. The number of carbonyl (C=O) groups excluding carboxylic acids is 1. The van der Waals surface area contributed by atoms with Crippen LogP contribution in [0.25, 0.3) is 0 Å². The van der Waals surface area contributed by atoms with Crippen molar-refractivity contribution in [3.8, 4) is 0 Å². The van der Waals surface area contributed by atoms with Gasteiger partial charge in [-0.15, -0.1) is 0 Å². The molecule has 2 aliphatic heterocycles. The fourth-order valence-corrected chi connectivity index (χ4v) is 3.57. The molecule has 2 heterocycles. The van der Waals surface area contributed by atoms with E-state index in [1.54, 1.807) is 4.90 Å². The van der Waals surface area contributed by atoms with E-state index < -0.39 is 17.6 Å². The first kappa shape index (κ1) is 14.4. The molecule has 1 N–H and O–H groups in total.